The van der Waals surface area contributed by atoms with E-state index in [0.717, 1.165) is 30.6 Å². The van der Waals surface area contributed by atoms with E-state index in [0.29, 0.717) is 5.92 Å². The number of rotatable bonds is 5. The first-order valence-corrected chi connectivity index (χ1v) is 7.99. The van der Waals surface area contributed by atoms with Gasteiger partial charge in [-0.1, -0.05) is 31.1 Å². The lowest BCUT2D eigenvalue weighted by atomic mass is 9.86. The number of amides is 1. The number of ether oxygens (including phenoxy) is 1. The van der Waals surface area contributed by atoms with Crippen LogP contribution in [0.25, 0.3) is 0 Å². The van der Waals surface area contributed by atoms with Crippen molar-refractivity contribution in [1.82, 2.24) is 5.32 Å². The molecule has 22 heavy (non-hydrogen) atoms. The SMILES string of the molecule is CC1CCCCC1NC(=O)COC(=O)c1ccc([N+](=O)[O-])s1. The molecule has 0 radical (unpaired) electrons. The fraction of sp³-hybridized carbons (Fsp3) is 0.571. The molecule has 1 amide bonds. The van der Waals surface area contributed by atoms with E-state index in [4.69, 9.17) is 4.74 Å². The first kappa shape index (κ1) is 16.4. The summed E-state index contributed by atoms with van der Waals surface area (Å²) in [5.74, 6) is -0.628. The van der Waals surface area contributed by atoms with Crippen molar-refractivity contribution >= 4 is 28.2 Å². The van der Waals surface area contributed by atoms with Crippen molar-refractivity contribution in [3.05, 3.63) is 27.1 Å². The second-order valence-corrected chi connectivity index (χ2v) is 6.47. The van der Waals surface area contributed by atoms with Crippen molar-refractivity contribution in [2.45, 2.75) is 38.6 Å². The summed E-state index contributed by atoms with van der Waals surface area (Å²) in [6, 6.07) is 2.69. The summed E-state index contributed by atoms with van der Waals surface area (Å²) < 4.78 is 4.90. The molecule has 1 N–H and O–H groups in total. The molecule has 1 aromatic heterocycles. The minimum Gasteiger partial charge on any atom is -0.451 e. The predicted octanol–water partition coefficient (Wildman–Crippen LogP) is 2.51. The molecule has 2 rings (SSSR count). The van der Waals surface area contributed by atoms with Crippen molar-refractivity contribution in [2.75, 3.05) is 6.61 Å². The topological polar surface area (TPSA) is 98.5 Å². The van der Waals surface area contributed by atoms with Gasteiger partial charge in [-0.15, -0.1) is 0 Å². The van der Waals surface area contributed by atoms with Gasteiger partial charge in [0.05, 0.1) is 4.92 Å². The van der Waals surface area contributed by atoms with Crippen LogP contribution in [0.3, 0.4) is 0 Å². The van der Waals surface area contributed by atoms with Gasteiger partial charge in [0.15, 0.2) is 6.61 Å². The van der Waals surface area contributed by atoms with Crippen LogP contribution in [0, 0.1) is 16.0 Å². The molecule has 1 aliphatic carbocycles. The highest BCUT2D eigenvalue weighted by atomic mass is 32.1. The summed E-state index contributed by atoms with van der Waals surface area (Å²) in [5, 5.41) is 13.3. The van der Waals surface area contributed by atoms with Gasteiger partial charge in [0.1, 0.15) is 4.88 Å². The smallest absolute Gasteiger partial charge is 0.349 e. The zero-order chi connectivity index (χ0) is 16.1. The Labute approximate surface area is 131 Å². The molecule has 2 atom stereocenters. The third-order valence-electron chi connectivity index (χ3n) is 3.77. The van der Waals surface area contributed by atoms with Gasteiger partial charge < -0.3 is 10.1 Å². The van der Waals surface area contributed by atoms with Crippen LogP contribution in [0.15, 0.2) is 12.1 Å². The highest BCUT2D eigenvalue weighted by Crippen LogP contribution is 2.25. The average Bonchev–Trinajstić information content (AvgIpc) is 2.97. The molecular weight excluding hydrogens is 308 g/mol. The molecule has 1 fully saturated rings. The van der Waals surface area contributed by atoms with E-state index in [-0.39, 0.29) is 28.4 Å². The van der Waals surface area contributed by atoms with Crippen LogP contribution in [0.5, 0.6) is 0 Å². The van der Waals surface area contributed by atoms with Crippen molar-refractivity contribution in [2.24, 2.45) is 5.92 Å². The van der Waals surface area contributed by atoms with Crippen molar-refractivity contribution in [1.29, 1.82) is 0 Å². The van der Waals surface area contributed by atoms with Gasteiger partial charge in [-0.05, 0) is 24.8 Å². The molecule has 1 saturated carbocycles. The van der Waals surface area contributed by atoms with Crippen LogP contribution in [0.2, 0.25) is 0 Å². The normalized spacial score (nSPS) is 21.1. The monoisotopic (exact) mass is 326 g/mol. The van der Waals surface area contributed by atoms with E-state index in [2.05, 4.69) is 12.2 Å². The Balaban J connectivity index is 1.79. The van der Waals surface area contributed by atoms with Gasteiger partial charge >= 0.3 is 11.0 Å². The van der Waals surface area contributed by atoms with E-state index in [1.807, 2.05) is 0 Å². The van der Waals surface area contributed by atoms with Crippen LogP contribution in [0.1, 0.15) is 42.3 Å². The Morgan fingerprint density at radius 2 is 2.14 bits per heavy atom. The van der Waals surface area contributed by atoms with E-state index in [1.54, 1.807) is 0 Å². The molecule has 7 nitrogen and oxygen atoms in total. The Hall–Kier alpha value is -1.96. The molecule has 0 aliphatic heterocycles. The highest BCUT2D eigenvalue weighted by Gasteiger charge is 2.23. The Morgan fingerprint density at radius 3 is 2.77 bits per heavy atom. The molecule has 2 unspecified atom stereocenters. The summed E-state index contributed by atoms with van der Waals surface area (Å²) in [7, 11) is 0. The lowest BCUT2D eigenvalue weighted by Crippen LogP contribution is -2.42. The summed E-state index contributed by atoms with van der Waals surface area (Å²) in [6.07, 6.45) is 4.30. The van der Waals surface area contributed by atoms with Crippen LogP contribution in [0.4, 0.5) is 5.00 Å². The molecular formula is C14H18N2O5S. The van der Waals surface area contributed by atoms with Crippen LogP contribution >= 0.6 is 11.3 Å². The quantitative estimate of drug-likeness (QED) is 0.509. The van der Waals surface area contributed by atoms with Crippen LogP contribution in [-0.2, 0) is 9.53 Å². The van der Waals surface area contributed by atoms with E-state index >= 15 is 0 Å². The molecule has 120 valence electrons. The number of nitrogens with zero attached hydrogens (tertiary/aromatic N) is 1. The van der Waals surface area contributed by atoms with E-state index in [9.17, 15) is 19.7 Å². The number of nitrogens with one attached hydrogen (secondary N) is 1. The minimum absolute atomic E-state index is 0.116. The molecule has 0 spiro atoms. The Bertz CT molecular complexity index is 571. The maximum atomic E-state index is 11.8. The van der Waals surface area contributed by atoms with Crippen molar-refractivity contribution in [3.63, 3.8) is 0 Å². The number of hydrogen-bond acceptors (Lipinski definition) is 6. The van der Waals surface area contributed by atoms with Crippen LogP contribution < -0.4 is 5.32 Å². The van der Waals surface area contributed by atoms with Gasteiger partial charge in [-0.3, -0.25) is 14.9 Å². The minimum atomic E-state index is -0.718. The van der Waals surface area contributed by atoms with Gasteiger partial charge in [-0.2, -0.15) is 0 Å². The lowest BCUT2D eigenvalue weighted by Gasteiger charge is -2.29. The number of esters is 1. The molecule has 1 aliphatic rings. The highest BCUT2D eigenvalue weighted by molar-refractivity contribution is 7.17. The number of carbonyl (C=O) groups is 2. The van der Waals surface area contributed by atoms with Gasteiger partial charge in [-0.25, -0.2) is 4.79 Å². The molecule has 0 saturated heterocycles. The molecule has 1 aromatic rings. The Morgan fingerprint density at radius 1 is 1.41 bits per heavy atom. The van der Waals surface area contributed by atoms with Gasteiger partial charge in [0, 0.05) is 12.1 Å². The number of carbonyl (C=O) groups excluding carboxylic acids is 2. The molecule has 8 heteroatoms. The standard InChI is InChI=1S/C14H18N2O5S/c1-9-4-2-3-5-10(9)15-12(17)8-21-14(18)11-6-7-13(22-11)16(19)20/h6-7,9-10H,2-5,8H2,1H3,(H,15,17). The molecule has 0 aromatic carbocycles. The summed E-state index contributed by atoms with van der Waals surface area (Å²) in [4.78, 5) is 33.6. The zero-order valence-electron chi connectivity index (χ0n) is 12.2. The zero-order valence-corrected chi connectivity index (χ0v) is 13.1. The van der Waals surface area contributed by atoms with E-state index < -0.39 is 10.9 Å². The van der Waals surface area contributed by atoms with Gasteiger partial charge in [0.2, 0.25) is 0 Å². The lowest BCUT2D eigenvalue weighted by molar-refractivity contribution is -0.380. The van der Waals surface area contributed by atoms with E-state index in [1.165, 1.54) is 18.6 Å². The van der Waals surface area contributed by atoms with Gasteiger partial charge in [0.25, 0.3) is 5.91 Å². The number of hydrogen-bond donors (Lipinski definition) is 1. The van der Waals surface area contributed by atoms with Crippen LogP contribution in [-0.4, -0.2) is 29.4 Å². The third kappa shape index (κ3) is 4.27. The second kappa shape index (κ2) is 7.35. The molecule has 1 heterocycles. The fourth-order valence-corrected chi connectivity index (χ4v) is 3.23. The maximum Gasteiger partial charge on any atom is 0.349 e. The summed E-state index contributed by atoms with van der Waals surface area (Å²) in [6.45, 7) is 1.73. The second-order valence-electron chi connectivity index (χ2n) is 5.41. The third-order valence-corrected chi connectivity index (χ3v) is 4.78. The average molecular weight is 326 g/mol. The first-order valence-electron chi connectivity index (χ1n) is 7.18. The maximum absolute atomic E-state index is 11.8. The predicted molar refractivity (Wildman–Crippen MR) is 80.8 cm³/mol. The number of thiophene rings is 1. The summed E-state index contributed by atoms with van der Waals surface area (Å²) >= 11 is 0.731. The Kier molecular flexibility index (Phi) is 5.48. The van der Waals surface area contributed by atoms with Crippen molar-refractivity contribution in [3.8, 4) is 0 Å². The largest absolute Gasteiger partial charge is 0.451 e. The number of nitro groups is 1. The molecule has 0 bridgehead atoms. The van der Waals surface area contributed by atoms with Crippen molar-refractivity contribution < 1.29 is 19.2 Å². The summed E-state index contributed by atoms with van der Waals surface area (Å²) in [5.41, 5.74) is 0. The first-order chi connectivity index (χ1) is 10.5. The fourth-order valence-electron chi connectivity index (χ4n) is 2.52.